The van der Waals surface area contributed by atoms with Crippen molar-refractivity contribution in [2.24, 2.45) is 0 Å². The lowest BCUT2D eigenvalue weighted by Crippen LogP contribution is -2.08. The van der Waals surface area contributed by atoms with Gasteiger partial charge in [0.05, 0.1) is 12.8 Å². The Balaban J connectivity index is 3.53. The van der Waals surface area contributed by atoms with Crippen LogP contribution in [-0.2, 0) is 6.18 Å². The molecule has 1 aromatic rings. The molecule has 0 fully saturated rings. The fourth-order valence-corrected chi connectivity index (χ4v) is 1.08. The largest absolute Gasteiger partial charge is 0.503 e. The summed E-state index contributed by atoms with van der Waals surface area (Å²) < 4.78 is 41.5. The van der Waals surface area contributed by atoms with E-state index in [1.165, 1.54) is 0 Å². The number of halogens is 3. The second-order valence-electron chi connectivity index (χ2n) is 2.74. The number of aromatic hydroxyl groups is 2. The highest BCUT2D eigenvalue weighted by molar-refractivity contribution is 5.68. The maximum atomic E-state index is 12.4. The van der Waals surface area contributed by atoms with Gasteiger partial charge in [0.2, 0.25) is 5.75 Å². The Morgan fingerprint density at radius 1 is 1.27 bits per heavy atom. The van der Waals surface area contributed by atoms with E-state index in [9.17, 15) is 13.2 Å². The van der Waals surface area contributed by atoms with E-state index < -0.39 is 34.7 Å². The summed E-state index contributed by atoms with van der Waals surface area (Å²) in [6.45, 7) is 0. The van der Waals surface area contributed by atoms with Gasteiger partial charge in [-0.2, -0.15) is 13.2 Å². The number of hydrogen-bond donors (Lipinski definition) is 3. The van der Waals surface area contributed by atoms with Crippen LogP contribution >= 0.6 is 0 Å². The third-order valence-corrected chi connectivity index (χ3v) is 1.77. The Morgan fingerprint density at radius 3 is 2.20 bits per heavy atom. The Labute approximate surface area is 82.7 Å². The second kappa shape index (κ2) is 3.41. The molecule has 0 aromatic heterocycles. The SMILES string of the molecule is COc1c(C(F)(F)F)cc(N)c(O)c1O. The topological polar surface area (TPSA) is 75.7 Å². The molecule has 0 aliphatic rings. The molecule has 0 heterocycles. The number of phenols is 2. The van der Waals surface area contributed by atoms with Gasteiger partial charge in [-0.25, -0.2) is 0 Å². The maximum Gasteiger partial charge on any atom is 0.420 e. The molecule has 0 amide bonds. The summed E-state index contributed by atoms with van der Waals surface area (Å²) in [7, 11) is 0.944. The van der Waals surface area contributed by atoms with Crippen LogP contribution < -0.4 is 10.5 Å². The maximum absolute atomic E-state index is 12.4. The number of nitrogens with two attached hydrogens (primary N) is 1. The van der Waals surface area contributed by atoms with E-state index in [-0.39, 0.29) is 0 Å². The summed E-state index contributed by atoms with van der Waals surface area (Å²) in [6.07, 6.45) is -4.72. The standard InChI is InChI=1S/C8H8F3NO3/c1-15-7-3(8(9,10)11)2-4(12)5(13)6(7)14/h2,13-14H,12H2,1H3. The third-order valence-electron chi connectivity index (χ3n) is 1.77. The molecule has 0 saturated carbocycles. The van der Waals surface area contributed by atoms with Crippen molar-refractivity contribution in [3.63, 3.8) is 0 Å². The summed E-state index contributed by atoms with van der Waals surface area (Å²) in [5.74, 6) is -2.71. The van der Waals surface area contributed by atoms with E-state index in [0.29, 0.717) is 6.07 Å². The van der Waals surface area contributed by atoms with Crippen molar-refractivity contribution >= 4 is 5.69 Å². The highest BCUT2D eigenvalue weighted by atomic mass is 19.4. The molecule has 0 aliphatic heterocycles. The molecule has 1 aromatic carbocycles. The predicted octanol–water partition coefficient (Wildman–Crippen LogP) is 1.71. The zero-order valence-electron chi connectivity index (χ0n) is 7.59. The highest BCUT2D eigenvalue weighted by Gasteiger charge is 2.37. The van der Waals surface area contributed by atoms with E-state index in [4.69, 9.17) is 15.9 Å². The van der Waals surface area contributed by atoms with Gasteiger partial charge >= 0.3 is 6.18 Å². The normalized spacial score (nSPS) is 11.5. The van der Waals surface area contributed by atoms with Crippen LogP contribution in [0.25, 0.3) is 0 Å². The molecule has 84 valence electrons. The lowest BCUT2D eigenvalue weighted by Gasteiger charge is -2.15. The Kier molecular flexibility index (Phi) is 2.57. The third kappa shape index (κ3) is 1.85. The minimum absolute atomic E-state index is 0.494. The fraction of sp³-hybridized carbons (Fsp3) is 0.250. The number of hydrogen-bond acceptors (Lipinski definition) is 4. The van der Waals surface area contributed by atoms with Gasteiger partial charge in [0.15, 0.2) is 11.5 Å². The van der Waals surface area contributed by atoms with Crippen LogP contribution in [-0.4, -0.2) is 17.3 Å². The van der Waals surface area contributed by atoms with Crippen LogP contribution in [0.2, 0.25) is 0 Å². The van der Waals surface area contributed by atoms with E-state index >= 15 is 0 Å². The molecule has 4 nitrogen and oxygen atoms in total. The molecule has 7 heteroatoms. The number of methoxy groups -OCH3 is 1. The number of ether oxygens (including phenoxy) is 1. The molecule has 0 saturated heterocycles. The number of anilines is 1. The van der Waals surface area contributed by atoms with Crippen molar-refractivity contribution < 1.29 is 28.1 Å². The summed E-state index contributed by atoms with van der Waals surface area (Å²) in [4.78, 5) is 0. The Morgan fingerprint density at radius 2 is 1.80 bits per heavy atom. The molecule has 4 N–H and O–H groups in total. The van der Waals surface area contributed by atoms with Crippen molar-refractivity contribution in [3.8, 4) is 17.2 Å². The van der Waals surface area contributed by atoms with Gasteiger partial charge in [-0.1, -0.05) is 0 Å². The van der Waals surface area contributed by atoms with Crippen LogP contribution in [0.1, 0.15) is 5.56 Å². The molecule has 0 atom stereocenters. The van der Waals surface area contributed by atoms with Crippen molar-refractivity contribution in [3.05, 3.63) is 11.6 Å². The minimum Gasteiger partial charge on any atom is -0.503 e. The number of benzene rings is 1. The lowest BCUT2D eigenvalue weighted by molar-refractivity contribution is -0.138. The van der Waals surface area contributed by atoms with Crippen molar-refractivity contribution in [2.75, 3.05) is 12.8 Å². The van der Waals surface area contributed by atoms with Gasteiger partial charge in [0.1, 0.15) is 5.56 Å². The summed E-state index contributed by atoms with van der Waals surface area (Å²) in [5.41, 5.74) is 3.27. The fourth-order valence-electron chi connectivity index (χ4n) is 1.08. The van der Waals surface area contributed by atoms with Crippen LogP contribution in [0, 0.1) is 0 Å². The zero-order valence-corrected chi connectivity index (χ0v) is 7.59. The second-order valence-corrected chi connectivity index (χ2v) is 2.74. The molecule has 15 heavy (non-hydrogen) atoms. The first kappa shape index (κ1) is 11.3. The quantitative estimate of drug-likeness (QED) is 0.500. The summed E-state index contributed by atoms with van der Waals surface area (Å²) >= 11 is 0. The number of nitrogen functional groups attached to an aromatic ring is 1. The van der Waals surface area contributed by atoms with Crippen LogP contribution in [0.3, 0.4) is 0 Å². The summed E-state index contributed by atoms with van der Waals surface area (Å²) in [5, 5.41) is 18.3. The van der Waals surface area contributed by atoms with E-state index in [2.05, 4.69) is 4.74 Å². The molecular formula is C8H8F3NO3. The van der Waals surface area contributed by atoms with E-state index in [1.807, 2.05) is 0 Å². The Bertz CT molecular complexity index is 390. The van der Waals surface area contributed by atoms with E-state index in [1.54, 1.807) is 0 Å². The molecular weight excluding hydrogens is 215 g/mol. The first-order valence-corrected chi connectivity index (χ1v) is 3.74. The number of phenolic OH excluding ortho intramolecular Hbond substituents is 2. The van der Waals surface area contributed by atoms with Crippen LogP contribution in [0.5, 0.6) is 17.2 Å². The predicted molar refractivity (Wildman–Crippen MR) is 45.7 cm³/mol. The van der Waals surface area contributed by atoms with Gasteiger partial charge in [0, 0.05) is 0 Å². The van der Waals surface area contributed by atoms with Crippen molar-refractivity contribution in [2.45, 2.75) is 6.18 Å². The molecule has 1 rings (SSSR count). The molecule has 0 bridgehead atoms. The number of alkyl halides is 3. The van der Waals surface area contributed by atoms with Gasteiger partial charge in [0.25, 0.3) is 0 Å². The zero-order chi connectivity index (χ0) is 11.8. The van der Waals surface area contributed by atoms with Gasteiger partial charge < -0.3 is 20.7 Å². The molecule has 0 radical (unpaired) electrons. The smallest absolute Gasteiger partial charge is 0.420 e. The lowest BCUT2D eigenvalue weighted by atomic mass is 10.1. The first-order valence-electron chi connectivity index (χ1n) is 3.74. The van der Waals surface area contributed by atoms with Gasteiger partial charge in [-0.3, -0.25) is 0 Å². The highest BCUT2D eigenvalue weighted by Crippen LogP contribution is 2.48. The van der Waals surface area contributed by atoms with Crippen molar-refractivity contribution in [1.29, 1.82) is 0 Å². The monoisotopic (exact) mass is 223 g/mol. The Hall–Kier alpha value is -1.79. The minimum atomic E-state index is -4.72. The van der Waals surface area contributed by atoms with Gasteiger partial charge in [-0.15, -0.1) is 0 Å². The molecule has 0 aliphatic carbocycles. The average molecular weight is 223 g/mol. The van der Waals surface area contributed by atoms with Crippen molar-refractivity contribution in [1.82, 2.24) is 0 Å². The molecule has 0 unspecified atom stereocenters. The average Bonchev–Trinajstić information content (AvgIpc) is 2.12. The van der Waals surface area contributed by atoms with Crippen LogP contribution in [0.4, 0.5) is 18.9 Å². The van der Waals surface area contributed by atoms with Gasteiger partial charge in [-0.05, 0) is 6.07 Å². The van der Waals surface area contributed by atoms with Crippen LogP contribution in [0.15, 0.2) is 6.07 Å². The first-order chi connectivity index (χ1) is 6.79. The van der Waals surface area contributed by atoms with E-state index in [0.717, 1.165) is 7.11 Å². The summed E-state index contributed by atoms with van der Waals surface area (Å²) in [6, 6.07) is 0.494. The number of rotatable bonds is 1. The molecule has 0 spiro atoms.